The summed E-state index contributed by atoms with van der Waals surface area (Å²) in [5, 5.41) is 9.81. The number of aryl methyl sites for hydroxylation is 1. The highest BCUT2D eigenvalue weighted by atomic mass is 35.5. The van der Waals surface area contributed by atoms with Gasteiger partial charge in [-0.2, -0.15) is 0 Å². The van der Waals surface area contributed by atoms with E-state index in [1.165, 1.54) is 30.0 Å². The minimum Gasteiger partial charge on any atom is -0.478 e. The molecule has 3 aromatic rings. The van der Waals surface area contributed by atoms with E-state index in [0.717, 1.165) is 4.90 Å². The fourth-order valence-corrected chi connectivity index (χ4v) is 4.75. The molecule has 0 unspecified atom stereocenters. The van der Waals surface area contributed by atoms with Crippen LogP contribution in [-0.4, -0.2) is 31.8 Å². The van der Waals surface area contributed by atoms with Crippen LogP contribution in [0.1, 0.15) is 15.9 Å². The summed E-state index contributed by atoms with van der Waals surface area (Å²) in [6, 6.07) is 18.6. The number of carboxylic acids is 1. The number of carboxylic acid groups (broad SMARTS) is 1. The number of halogens is 1. The van der Waals surface area contributed by atoms with Crippen molar-refractivity contribution in [2.45, 2.75) is 16.7 Å². The van der Waals surface area contributed by atoms with Crippen LogP contribution in [-0.2, 0) is 10.0 Å². The quantitative estimate of drug-likeness (QED) is 0.324. The minimum absolute atomic E-state index is 0.0295. The van der Waals surface area contributed by atoms with E-state index in [1.807, 2.05) is 24.3 Å². The number of rotatable bonds is 9. The lowest BCUT2D eigenvalue weighted by molar-refractivity contribution is 0.0696. The number of ether oxygens (including phenoxy) is 1. The van der Waals surface area contributed by atoms with Gasteiger partial charge in [0, 0.05) is 22.2 Å². The maximum atomic E-state index is 12.4. The van der Waals surface area contributed by atoms with Gasteiger partial charge in [-0.15, -0.1) is 11.8 Å². The van der Waals surface area contributed by atoms with Crippen LogP contribution in [0.4, 0.5) is 0 Å². The summed E-state index contributed by atoms with van der Waals surface area (Å²) in [7, 11) is -3.79. The van der Waals surface area contributed by atoms with Crippen LogP contribution < -0.4 is 9.46 Å². The molecule has 2 N–H and O–H groups in total. The zero-order chi connectivity index (χ0) is 22.4. The second-order valence-electron chi connectivity index (χ2n) is 6.56. The van der Waals surface area contributed by atoms with Crippen molar-refractivity contribution in [2.75, 3.05) is 12.3 Å². The minimum atomic E-state index is -3.79. The first kappa shape index (κ1) is 23.1. The van der Waals surface area contributed by atoms with Gasteiger partial charge in [0.2, 0.25) is 10.0 Å². The van der Waals surface area contributed by atoms with Crippen LogP contribution >= 0.6 is 23.4 Å². The van der Waals surface area contributed by atoms with Crippen molar-refractivity contribution in [3.63, 3.8) is 0 Å². The lowest BCUT2D eigenvalue weighted by Crippen LogP contribution is -2.26. The predicted octanol–water partition coefficient (Wildman–Crippen LogP) is 5.21. The first-order valence-corrected chi connectivity index (χ1v) is 12.1. The van der Waals surface area contributed by atoms with Crippen molar-refractivity contribution in [1.82, 2.24) is 4.72 Å². The molecule has 9 heteroatoms. The molecule has 162 valence electrons. The number of nitrogens with one attached hydrogen (secondary N) is 1. The smallest absolute Gasteiger partial charge is 0.335 e. The summed E-state index contributed by atoms with van der Waals surface area (Å²) in [4.78, 5) is 12.1. The van der Waals surface area contributed by atoms with E-state index >= 15 is 0 Å². The van der Waals surface area contributed by atoms with Gasteiger partial charge in [0.05, 0.1) is 10.5 Å². The molecule has 0 radical (unpaired) electrons. The van der Waals surface area contributed by atoms with Crippen molar-refractivity contribution < 1.29 is 23.1 Å². The molecule has 0 heterocycles. The van der Waals surface area contributed by atoms with Gasteiger partial charge < -0.3 is 9.84 Å². The second-order valence-corrected chi connectivity index (χ2v) is 9.93. The predicted molar refractivity (Wildman–Crippen MR) is 122 cm³/mol. The normalized spacial score (nSPS) is 11.3. The van der Waals surface area contributed by atoms with E-state index in [9.17, 15) is 18.3 Å². The number of aromatic carboxylic acids is 1. The van der Waals surface area contributed by atoms with E-state index in [1.54, 1.807) is 31.2 Å². The molecule has 0 bridgehead atoms. The third-order valence-electron chi connectivity index (χ3n) is 4.29. The van der Waals surface area contributed by atoms with Crippen molar-refractivity contribution in [2.24, 2.45) is 0 Å². The van der Waals surface area contributed by atoms with E-state index in [4.69, 9.17) is 16.3 Å². The van der Waals surface area contributed by atoms with Crippen LogP contribution in [0.5, 0.6) is 11.5 Å². The third kappa shape index (κ3) is 6.48. The fraction of sp³-hybridized carbons (Fsp3) is 0.136. The molecule has 0 atom stereocenters. The average molecular weight is 478 g/mol. The Hall–Kier alpha value is -2.52. The molecule has 0 aromatic heterocycles. The molecular formula is C22H20ClNO5S2. The lowest BCUT2D eigenvalue weighted by Gasteiger charge is -2.09. The molecule has 0 spiro atoms. The van der Waals surface area contributed by atoms with Gasteiger partial charge >= 0.3 is 5.97 Å². The molecule has 3 aromatic carbocycles. The van der Waals surface area contributed by atoms with Gasteiger partial charge in [-0.1, -0.05) is 17.7 Å². The summed E-state index contributed by atoms with van der Waals surface area (Å²) in [5.74, 6) is 0.713. The molecule has 0 aliphatic carbocycles. The van der Waals surface area contributed by atoms with Gasteiger partial charge in [-0.05, 0) is 73.2 Å². The zero-order valence-corrected chi connectivity index (χ0v) is 18.9. The summed E-state index contributed by atoms with van der Waals surface area (Å²) < 4.78 is 33.1. The van der Waals surface area contributed by atoms with Crippen LogP contribution in [0, 0.1) is 6.92 Å². The van der Waals surface area contributed by atoms with E-state index < -0.39 is 16.0 Å². The SMILES string of the molecule is Cc1ccc(S(=O)(=O)NCCSc2ccc(Oc3ccc(Cl)cc3)cc2)cc1C(=O)O. The Labute approximate surface area is 190 Å². The van der Waals surface area contributed by atoms with Gasteiger partial charge in [-0.25, -0.2) is 17.9 Å². The monoisotopic (exact) mass is 477 g/mol. The van der Waals surface area contributed by atoms with E-state index in [-0.39, 0.29) is 17.0 Å². The van der Waals surface area contributed by atoms with Crippen LogP contribution in [0.25, 0.3) is 0 Å². The molecule has 0 saturated carbocycles. The highest BCUT2D eigenvalue weighted by Crippen LogP contribution is 2.26. The Bertz CT molecular complexity index is 1160. The number of thioether (sulfide) groups is 1. The number of hydrogen-bond donors (Lipinski definition) is 2. The molecule has 0 aliphatic heterocycles. The Morgan fingerprint density at radius 1 is 1.03 bits per heavy atom. The summed E-state index contributed by atoms with van der Waals surface area (Å²) in [5.41, 5.74) is 0.476. The first-order chi connectivity index (χ1) is 14.7. The van der Waals surface area contributed by atoms with Gasteiger partial charge in [0.1, 0.15) is 11.5 Å². The standard InChI is InChI=1S/C22H20ClNO5S2/c1-15-2-11-20(14-21(15)22(25)26)31(27,28)24-12-13-30-19-9-7-18(8-10-19)29-17-5-3-16(23)4-6-17/h2-11,14,24H,12-13H2,1H3,(H,25,26). The molecule has 0 fully saturated rings. The number of hydrogen-bond acceptors (Lipinski definition) is 5. The summed E-state index contributed by atoms with van der Waals surface area (Å²) in [6.07, 6.45) is 0. The van der Waals surface area contributed by atoms with Gasteiger partial charge in [-0.3, -0.25) is 0 Å². The molecule has 31 heavy (non-hydrogen) atoms. The highest BCUT2D eigenvalue weighted by molar-refractivity contribution is 7.99. The summed E-state index contributed by atoms with van der Waals surface area (Å²) >= 11 is 7.35. The average Bonchev–Trinajstić information content (AvgIpc) is 2.74. The van der Waals surface area contributed by atoms with Gasteiger partial charge in [0.25, 0.3) is 0 Å². The Morgan fingerprint density at radius 3 is 2.26 bits per heavy atom. The van der Waals surface area contributed by atoms with Gasteiger partial charge in [0.15, 0.2) is 0 Å². The third-order valence-corrected chi connectivity index (χ3v) is 7.01. The Kier molecular flexibility index (Phi) is 7.61. The van der Waals surface area contributed by atoms with E-state index in [0.29, 0.717) is 27.8 Å². The van der Waals surface area contributed by atoms with Crippen molar-refractivity contribution >= 4 is 39.4 Å². The molecule has 3 rings (SSSR count). The van der Waals surface area contributed by atoms with Crippen molar-refractivity contribution in [3.05, 3.63) is 82.9 Å². The largest absolute Gasteiger partial charge is 0.478 e. The zero-order valence-electron chi connectivity index (χ0n) is 16.5. The number of carbonyl (C=O) groups is 1. The van der Waals surface area contributed by atoms with Crippen LogP contribution in [0.2, 0.25) is 5.02 Å². The highest BCUT2D eigenvalue weighted by Gasteiger charge is 2.17. The second kappa shape index (κ2) is 10.2. The van der Waals surface area contributed by atoms with Crippen LogP contribution in [0.15, 0.2) is 76.5 Å². The Morgan fingerprint density at radius 2 is 1.65 bits per heavy atom. The Balaban J connectivity index is 1.51. The molecule has 0 aliphatic rings. The first-order valence-electron chi connectivity index (χ1n) is 9.24. The van der Waals surface area contributed by atoms with Crippen molar-refractivity contribution in [3.8, 4) is 11.5 Å². The molecule has 0 saturated heterocycles. The fourth-order valence-electron chi connectivity index (χ4n) is 2.67. The molecule has 6 nitrogen and oxygen atoms in total. The van der Waals surface area contributed by atoms with E-state index in [2.05, 4.69) is 4.72 Å². The summed E-state index contributed by atoms with van der Waals surface area (Å²) in [6.45, 7) is 1.82. The lowest BCUT2D eigenvalue weighted by atomic mass is 10.1. The topological polar surface area (TPSA) is 92.7 Å². The number of sulfonamides is 1. The maximum Gasteiger partial charge on any atom is 0.335 e. The van der Waals surface area contributed by atoms with Crippen LogP contribution in [0.3, 0.4) is 0 Å². The van der Waals surface area contributed by atoms with Crippen molar-refractivity contribution in [1.29, 1.82) is 0 Å². The maximum absolute atomic E-state index is 12.4. The molecule has 0 amide bonds. The molecular weight excluding hydrogens is 458 g/mol. The number of benzene rings is 3.